The predicted molar refractivity (Wildman–Crippen MR) is 127 cm³/mol. The first-order valence-corrected chi connectivity index (χ1v) is 10.6. The van der Waals surface area contributed by atoms with E-state index in [1.54, 1.807) is 6.07 Å². The second-order valence-electron chi connectivity index (χ2n) is 7.79. The summed E-state index contributed by atoms with van der Waals surface area (Å²) in [5.41, 5.74) is 3.46. The normalized spacial score (nSPS) is 14.0. The number of piperazine rings is 1. The van der Waals surface area contributed by atoms with Gasteiger partial charge in [0.1, 0.15) is 11.6 Å². The molecule has 3 heterocycles. The molecule has 1 fully saturated rings. The number of anilines is 3. The molecule has 0 saturated carbocycles. The van der Waals surface area contributed by atoms with Crippen LogP contribution in [0.2, 0.25) is 0 Å². The highest BCUT2D eigenvalue weighted by molar-refractivity contribution is 5.85. The Kier molecular flexibility index (Phi) is 5.14. The molecule has 0 amide bonds. The zero-order valence-electron chi connectivity index (χ0n) is 17.5. The van der Waals surface area contributed by atoms with Gasteiger partial charge in [-0.2, -0.15) is 0 Å². The lowest BCUT2D eigenvalue weighted by Gasteiger charge is -2.29. The molecule has 5 rings (SSSR count). The van der Waals surface area contributed by atoms with Crippen molar-refractivity contribution in [2.75, 3.05) is 36.4 Å². The van der Waals surface area contributed by atoms with Crippen molar-refractivity contribution in [1.82, 2.24) is 14.9 Å². The van der Waals surface area contributed by atoms with E-state index >= 15 is 0 Å². The van der Waals surface area contributed by atoms with Crippen molar-refractivity contribution in [3.63, 3.8) is 0 Å². The van der Waals surface area contributed by atoms with Crippen molar-refractivity contribution >= 4 is 28.4 Å². The van der Waals surface area contributed by atoms with Crippen LogP contribution in [0.3, 0.4) is 0 Å². The van der Waals surface area contributed by atoms with E-state index in [4.69, 9.17) is 4.98 Å². The Hall–Kier alpha value is -3.64. The first kappa shape index (κ1) is 19.3. The highest BCUT2D eigenvalue weighted by Gasteiger charge is 2.19. The van der Waals surface area contributed by atoms with E-state index in [-0.39, 0.29) is 5.43 Å². The summed E-state index contributed by atoms with van der Waals surface area (Å²) in [5.74, 6) is 1.60. The summed E-state index contributed by atoms with van der Waals surface area (Å²) in [6.07, 6.45) is 0. The number of para-hydroxylation sites is 2. The second-order valence-corrected chi connectivity index (χ2v) is 7.79. The molecule has 0 radical (unpaired) electrons. The maximum atomic E-state index is 13.2. The molecule has 1 aliphatic heterocycles. The maximum Gasteiger partial charge on any atom is 0.193 e. The molecule has 0 aliphatic carbocycles. The zero-order valence-corrected chi connectivity index (χ0v) is 17.5. The minimum absolute atomic E-state index is 0.0301. The van der Waals surface area contributed by atoms with E-state index in [1.165, 1.54) is 0 Å². The van der Waals surface area contributed by atoms with Crippen LogP contribution in [0.1, 0.15) is 5.56 Å². The van der Waals surface area contributed by atoms with E-state index in [2.05, 4.69) is 15.5 Å². The Bertz CT molecular complexity index is 1260. The largest absolute Gasteiger partial charge is 0.354 e. The van der Waals surface area contributed by atoms with Gasteiger partial charge in [-0.3, -0.25) is 9.36 Å². The van der Waals surface area contributed by atoms with Crippen LogP contribution in [0.5, 0.6) is 0 Å². The minimum Gasteiger partial charge on any atom is -0.354 e. The molecule has 156 valence electrons. The van der Waals surface area contributed by atoms with Gasteiger partial charge in [-0.15, -0.1) is 0 Å². The van der Waals surface area contributed by atoms with Crippen molar-refractivity contribution in [2.24, 2.45) is 0 Å². The lowest BCUT2D eigenvalue weighted by molar-refractivity contribution is 0.585. The van der Waals surface area contributed by atoms with Crippen LogP contribution in [0.4, 0.5) is 17.3 Å². The second kappa shape index (κ2) is 8.24. The van der Waals surface area contributed by atoms with Gasteiger partial charge in [0.2, 0.25) is 0 Å². The Balaban J connectivity index is 1.77. The van der Waals surface area contributed by atoms with E-state index < -0.39 is 0 Å². The molecule has 6 nitrogen and oxygen atoms in total. The number of nitrogens with one attached hydrogen (secondary N) is 2. The molecule has 1 saturated heterocycles. The summed E-state index contributed by atoms with van der Waals surface area (Å²) in [5, 5.41) is 7.46. The van der Waals surface area contributed by atoms with Gasteiger partial charge in [-0.25, -0.2) is 4.98 Å². The number of benzene rings is 2. The standard InChI is InChI=1S/C25H25N5O/c1-18-16-22(29-14-12-26-13-15-29)28-25-24(18)21(31)17-23(27-19-8-4-2-5-9-19)30(25)20-10-6-3-7-11-20/h2-11,16-17,26-27H,12-15H2,1H3. The summed E-state index contributed by atoms with van der Waals surface area (Å²) in [6, 6.07) is 23.7. The average Bonchev–Trinajstić information content (AvgIpc) is 2.80. The third-order valence-electron chi connectivity index (χ3n) is 5.65. The summed E-state index contributed by atoms with van der Waals surface area (Å²) in [7, 11) is 0. The van der Waals surface area contributed by atoms with Crippen LogP contribution in [-0.4, -0.2) is 35.7 Å². The molecular weight excluding hydrogens is 386 g/mol. The molecule has 0 unspecified atom stereocenters. The van der Waals surface area contributed by atoms with Crippen LogP contribution < -0.4 is 21.0 Å². The third-order valence-corrected chi connectivity index (χ3v) is 5.65. The summed E-state index contributed by atoms with van der Waals surface area (Å²) in [6.45, 7) is 5.65. The molecule has 0 atom stereocenters. The van der Waals surface area contributed by atoms with E-state index in [0.717, 1.165) is 48.9 Å². The molecule has 2 aromatic carbocycles. The smallest absolute Gasteiger partial charge is 0.193 e. The molecule has 0 bridgehead atoms. The summed E-state index contributed by atoms with van der Waals surface area (Å²) in [4.78, 5) is 20.5. The number of aryl methyl sites for hydroxylation is 1. The minimum atomic E-state index is -0.0301. The number of hydrogen-bond acceptors (Lipinski definition) is 5. The van der Waals surface area contributed by atoms with E-state index in [1.807, 2.05) is 78.2 Å². The SMILES string of the molecule is Cc1cc(N2CCNCC2)nc2c1c(=O)cc(Nc1ccccc1)n2-c1ccccc1. The van der Waals surface area contributed by atoms with Gasteiger partial charge >= 0.3 is 0 Å². The lowest BCUT2D eigenvalue weighted by Crippen LogP contribution is -2.44. The number of nitrogens with zero attached hydrogens (tertiary/aromatic N) is 3. The number of rotatable bonds is 4. The first-order chi connectivity index (χ1) is 15.2. The molecule has 1 aliphatic rings. The highest BCUT2D eigenvalue weighted by Crippen LogP contribution is 2.28. The van der Waals surface area contributed by atoms with Crippen LogP contribution in [0.15, 0.2) is 77.6 Å². The van der Waals surface area contributed by atoms with Gasteiger partial charge in [0, 0.05) is 43.6 Å². The van der Waals surface area contributed by atoms with Gasteiger partial charge in [0.15, 0.2) is 11.1 Å². The topological polar surface area (TPSA) is 62.2 Å². The number of fused-ring (bicyclic) bond motifs is 1. The van der Waals surface area contributed by atoms with Crippen LogP contribution >= 0.6 is 0 Å². The summed E-state index contributed by atoms with van der Waals surface area (Å²) < 4.78 is 2.04. The average molecular weight is 412 g/mol. The molecule has 4 aromatic rings. The van der Waals surface area contributed by atoms with Crippen LogP contribution in [-0.2, 0) is 0 Å². The molecule has 2 aromatic heterocycles. The monoisotopic (exact) mass is 411 g/mol. The van der Waals surface area contributed by atoms with E-state index in [9.17, 15) is 4.79 Å². The van der Waals surface area contributed by atoms with Crippen molar-refractivity contribution in [1.29, 1.82) is 0 Å². The Morgan fingerprint density at radius 1 is 0.935 bits per heavy atom. The third kappa shape index (κ3) is 3.78. The molecule has 31 heavy (non-hydrogen) atoms. The maximum absolute atomic E-state index is 13.2. The number of aromatic nitrogens is 2. The fraction of sp³-hybridized carbons (Fsp3) is 0.200. The lowest BCUT2D eigenvalue weighted by atomic mass is 10.1. The van der Waals surface area contributed by atoms with E-state index in [0.29, 0.717) is 16.9 Å². The predicted octanol–water partition coefficient (Wildman–Crippen LogP) is 3.85. The number of pyridine rings is 2. The van der Waals surface area contributed by atoms with Gasteiger partial charge in [0.25, 0.3) is 0 Å². The Labute approximate surface area is 181 Å². The molecular formula is C25H25N5O. The number of hydrogen-bond donors (Lipinski definition) is 2. The molecule has 2 N–H and O–H groups in total. The van der Waals surface area contributed by atoms with Gasteiger partial charge in [-0.1, -0.05) is 36.4 Å². The van der Waals surface area contributed by atoms with Crippen molar-refractivity contribution in [2.45, 2.75) is 6.92 Å². The van der Waals surface area contributed by atoms with Crippen LogP contribution in [0.25, 0.3) is 16.7 Å². The van der Waals surface area contributed by atoms with Crippen molar-refractivity contribution < 1.29 is 0 Å². The molecule has 6 heteroatoms. The zero-order chi connectivity index (χ0) is 21.2. The van der Waals surface area contributed by atoms with Gasteiger partial charge in [-0.05, 0) is 42.8 Å². The van der Waals surface area contributed by atoms with Crippen molar-refractivity contribution in [3.8, 4) is 5.69 Å². The van der Waals surface area contributed by atoms with Crippen molar-refractivity contribution in [3.05, 3.63) is 88.6 Å². The fourth-order valence-electron chi connectivity index (χ4n) is 4.14. The Morgan fingerprint density at radius 2 is 1.61 bits per heavy atom. The quantitative estimate of drug-likeness (QED) is 0.534. The van der Waals surface area contributed by atoms with Crippen LogP contribution in [0, 0.1) is 6.92 Å². The Morgan fingerprint density at radius 3 is 2.32 bits per heavy atom. The fourth-order valence-corrected chi connectivity index (χ4v) is 4.14. The van der Waals surface area contributed by atoms with Gasteiger partial charge in [0.05, 0.1) is 5.39 Å². The van der Waals surface area contributed by atoms with Gasteiger partial charge < -0.3 is 15.5 Å². The highest BCUT2D eigenvalue weighted by atomic mass is 16.1. The first-order valence-electron chi connectivity index (χ1n) is 10.6. The summed E-state index contributed by atoms with van der Waals surface area (Å²) >= 11 is 0. The molecule has 0 spiro atoms.